The fraction of sp³-hybridized carbons (Fsp3) is 0.200. The number of fused-ring (bicyclic) bond motifs is 1. The van der Waals surface area contributed by atoms with Gasteiger partial charge in [0, 0.05) is 16.8 Å². The first-order chi connectivity index (χ1) is 15.9. The number of methoxy groups -OCH3 is 1. The maximum Gasteiger partial charge on any atom is 0.268 e. The highest BCUT2D eigenvalue weighted by molar-refractivity contribution is 6.31. The van der Waals surface area contributed by atoms with Gasteiger partial charge in [0.05, 0.1) is 19.3 Å². The first-order valence-corrected chi connectivity index (χ1v) is 10.7. The molecule has 7 nitrogen and oxygen atoms in total. The second-order valence-corrected chi connectivity index (χ2v) is 7.88. The van der Waals surface area contributed by atoms with E-state index in [1.165, 1.54) is 0 Å². The van der Waals surface area contributed by atoms with Gasteiger partial charge in [0.25, 0.3) is 11.8 Å². The zero-order valence-electron chi connectivity index (χ0n) is 18.2. The predicted molar refractivity (Wildman–Crippen MR) is 126 cm³/mol. The van der Waals surface area contributed by atoms with Gasteiger partial charge in [0.15, 0.2) is 12.7 Å². The van der Waals surface area contributed by atoms with Crippen LogP contribution >= 0.6 is 11.6 Å². The summed E-state index contributed by atoms with van der Waals surface area (Å²) in [4.78, 5) is 27.0. The maximum absolute atomic E-state index is 12.9. The van der Waals surface area contributed by atoms with E-state index in [9.17, 15) is 9.59 Å². The summed E-state index contributed by atoms with van der Waals surface area (Å²) in [5.41, 5.74) is 1.89. The van der Waals surface area contributed by atoms with Gasteiger partial charge in [-0.25, -0.2) is 0 Å². The molecular weight excluding hydrogens is 444 g/mol. The second-order valence-electron chi connectivity index (χ2n) is 7.47. The van der Waals surface area contributed by atoms with Crippen LogP contribution in [0.2, 0.25) is 5.02 Å². The van der Waals surface area contributed by atoms with Crippen molar-refractivity contribution in [3.8, 4) is 17.2 Å². The molecule has 0 saturated heterocycles. The average molecular weight is 467 g/mol. The summed E-state index contributed by atoms with van der Waals surface area (Å²) >= 11 is 6.31. The molecule has 0 spiro atoms. The van der Waals surface area contributed by atoms with E-state index in [-0.39, 0.29) is 25.0 Å². The van der Waals surface area contributed by atoms with Gasteiger partial charge in [-0.05, 0) is 48.9 Å². The third kappa shape index (κ3) is 5.21. The summed E-state index contributed by atoms with van der Waals surface area (Å²) < 4.78 is 16.5. The number of ether oxygens (including phenoxy) is 3. The molecule has 2 amide bonds. The summed E-state index contributed by atoms with van der Waals surface area (Å²) in [5, 5.41) is 3.37. The van der Waals surface area contributed by atoms with Gasteiger partial charge >= 0.3 is 0 Å². The van der Waals surface area contributed by atoms with Crippen molar-refractivity contribution in [3.05, 3.63) is 77.3 Å². The smallest absolute Gasteiger partial charge is 0.268 e. The van der Waals surface area contributed by atoms with Crippen molar-refractivity contribution in [1.29, 1.82) is 0 Å². The van der Waals surface area contributed by atoms with Crippen LogP contribution in [0.5, 0.6) is 17.2 Å². The van der Waals surface area contributed by atoms with E-state index in [2.05, 4.69) is 5.32 Å². The van der Waals surface area contributed by atoms with Crippen LogP contribution in [-0.4, -0.2) is 31.6 Å². The molecule has 1 atom stereocenters. The number of anilines is 2. The Kier molecular flexibility index (Phi) is 6.70. The van der Waals surface area contributed by atoms with E-state index in [0.29, 0.717) is 33.6 Å². The highest BCUT2D eigenvalue weighted by Gasteiger charge is 2.32. The number of carbonyl (C=O) groups excluding carboxylic acids is 2. The summed E-state index contributed by atoms with van der Waals surface area (Å²) in [6.07, 6.45) is -0.628. The van der Waals surface area contributed by atoms with Gasteiger partial charge in [-0.3, -0.25) is 9.59 Å². The number of benzene rings is 3. The molecule has 1 aliphatic heterocycles. The Labute approximate surface area is 196 Å². The molecule has 170 valence electrons. The minimum Gasteiger partial charge on any atom is -0.497 e. The number of halogens is 1. The normalized spacial score (nSPS) is 14.8. The van der Waals surface area contributed by atoms with E-state index in [0.717, 1.165) is 5.56 Å². The van der Waals surface area contributed by atoms with Crippen molar-refractivity contribution in [2.45, 2.75) is 19.6 Å². The van der Waals surface area contributed by atoms with Crippen LogP contribution in [0, 0.1) is 0 Å². The second kappa shape index (κ2) is 9.83. The van der Waals surface area contributed by atoms with Crippen molar-refractivity contribution in [2.24, 2.45) is 0 Å². The maximum atomic E-state index is 12.9. The number of carbonyl (C=O) groups is 2. The Hall–Kier alpha value is -3.71. The van der Waals surface area contributed by atoms with Crippen molar-refractivity contribution in [1.82, 2.24) is 0 Å². The lowest BCUT2D eigenvalue weighted by atomic mass is 10.1. The van der Waals surface area contributed by atoms with Crippen molar-refractivity contribution < 1.29 is 23.8 Å². The molecular formula is C25H23ClN2O5. The van der Waals surface area contributed by atoms with Crippen molar-refractivity contribution in [3.63, 3.8) is 0 Å². The summed E-state index contributed by atoms with van der Waals surface area (Å²) in [6.45, 7) is 1.81. The lowest BCUT2D eigenvalue weighted by Gasteiger charge is -2.33. The molecule has 3 aromatic rings. The minimum absolute atomic E-state index is 0.181. The standard InChI is InChI=1S/C25H23ClN2O5/c1-16-25(30)28(14-17-6-3-4-9-21(17)26)22-12-18(10-11-23(22)33-16)27-24(29)15-32-20-8-5-7-19(13-20)31-2/h3-13,16H,14-15H2,1-2H3,(H,27,29). The van der Waals surface area contributed by atoms with Gasteiger partial charge in [-0.1, -0.05) is 35.9 Å². The summed E-state index contributed by atoms with van der Waals surface area (Å²) in [5.74, 6) is 1.19. The van der Waals surface area contributed by atoms with E-state index >= 15 is 0 Å². The molecule has 3 aromatic carbocycles. The first-order valence-electron chi connectivity index (χ1n) is 10.4. The van der Waals surface area contributed by atoms with E-state index in [1.807, 2.05) is 18.2 Å². The average Bonchev–Trinajstić information content (AvgIpc) is 2.82. The van der Waals surface area contributed by atoms with Gasteiger partial charge in [-0.2, -0.15) is 0 Å². The van der Waals surface area contributed by atoms with E-state index in [4.69, 9.17) is 25.8 Å². The van der Waals surface area contributed by atoms with Crippen molar-refractivity contribution >= 4 is 34.8 Å². The third-order valence-corrected chi connectivity index (χ3v) is 5.52. The molecule has 0 radical (unpaired) electrons. The predicted octanol–water partition coefficient (Wildman–Crippen LogP) is 4.68. The van der Waals surface area contributed by atoms with Crippen LogP contribution in [0.4, 0.5) is 11.4 Å². The van der Waals surface area contributed by atoms with Gasteiger partial charge < -0.3 is 24.4 Å². The number of hydrogen-bond acceptors (Lipinski definition) is 5. The van der Waals surface area contributed by atoms with Crippen LogP contribution in [0.1, 0.15) is 12.5 Å². The van der Waals surface area contributed by atoms with Crippen molar-refractivity contribution in [2.75, 3.05) is 23.9 Å². The molecule has 4 rings (SSSR count). The molecule has 8 heteroatoms. The Morgan fingerprint density at radius 3 is 2.67 bits per heavy atom. The van der Waals surface area contributed by atoms with E-state index < -0.39 is 6.10 Å². The highest BCUT2D eigenvalue weighted by atomic mass is 35.5. The van der Waals surface area contributed by atoms with Gasteiger partial charge in [0.1, 0.15) is 17.2 Å². The lowest BCUT2D eigenvalue weighted by Crippen LogP contribution is -2.44. The van der Waals surface area contributed by atoms with Crippen LogP contribution in [0.3, 0.4) is 0 Å². The highest BCUT2D eigenvalue weighted by Crippen LogP contribution is 2.37. The zero-order valence-corrected chi connectivity index (χ0v) is 19.0. The lowest BCUT2D eigenvalue weighted by molar-refractivity contribution is -0.125. The largest absolute Gasteiger partial charge is 0.497 e. The zero-order chi connectivity index (χ0) is 23.4. The topological polar surface area (TPSA) is 77.1 Å². The van der Waals surface area contributed by atoms with Gasteiger partial charge in [-0.15, -0.1) is 0 Å². The fourth-order valence-corrected chi connectivity index (χ4v) is 3.68. The Morgan fingerprint density at radius 2 is 1.88 bits per heavy atom. The monoisotopic (exact) mass is 466 g/mol. The SMILES string of the molecule is COc1cccc(OCC(=O)Nc2ccc3c(c2)N(Cc2ccccc2Cl)C(=O)C(C)O3)c1. The summed E-state index contributed by atoms with van der Waals surface area (Å²) in [7, 11) is 1.56. The molecule has 1 aliphatic rings. The van der Waals surface area contributed by atoms with Crippen LogP contribution in [0.25, 0.3) is 0 Å². The number of amides is 2. The Balaban J connectivity index is 1.49. The molecule has 0 fully saturated rings. The number of nitrogens with one attached hydrogen (secondary N) is 1. The first kappa shape index (κ1) is 22.5. The molecule has 1 heterocycles. The Bertz CT molecular complexity index is 1180. The third-order valence-electron chi connectivity index (χ3n) is 5.15. The van der Waals surface area contributed by atoms with Crippen LogP contribution in [-0.2, 0) is 16.1 Å². The minimum atomic E-state index is -0.628. The van der Waals surface area contributed by atoms with Crippen LogP contribution < -0.4 is 24.4 Å². The molecule has 0 saturated carbocycles. The fourth-order valence-electron chi connectivity index (χ4n) is 3.48. The van der Waals surface area contributed by atoms with Crippen LogP contribution in [0.15, 0.2) is 66.7 Å². The Morgan fingerprint density at radius 1 is 1.09 bits per heavy atom. The van der Waals surface area contributed by atoms with E-state index in [1.54, 1.807) is 67.5 Å². The molecule has 0 aliphatic carbocycles. The molecule has 33 heavy (non-hydrogen) atoms. The quantitative estimate of drug-likeness (QED) is 0.547. The summed E-state index contributed by atoms with van der Waals surface area (Å²) in [6, 6.07) is 19.5. The molecule has 0 aromatic heterocycles. The molecule has 1 unspecified atom stereocenters. The number of nitrogens with zero attached hydrogens (tertiary/aromatic N) is 1. The number of hydrogen-bond donors (Lipinski definition) is 1. The molecule has 1 N–H and O–H groups in total. The number of rotatable bonds is 7. The molecule has 0 bridgehead atoms. The van der Waals surface area contributed by atoms with Gasteiger partial charge in [0.2, 0.25) is 0 Å².